The topological polar surface area (TPSA) is 65.3 Å². The Hall–Kier alpha value is -5.14. The highest BCUT2D eigenvalue weighted by Gasteiger charge is 2.52. The fraction of sp³-hybridized carbons (Fsp3) is 0.0857. The summed E-state index contributed by atoms with van der Waals surface area (Å²) in [4.78, 5) is 30.0. The van der Waals surface area contributed by atoms with E-state index in [-0.39, 0.29) is 11.8 Å². The lowest BCUT2D eigenvalue weighted by molar-refractivity contribution is -0.122. The highest BCUT2D eigenvalue weighted by atomic mass is 32.1. The summed E-state index contributed by atoms with van der Waals surface area (Å²) < 4.78 is 0. The molecule has 7 rings (SSSR count). The molecule has 0 unspecified atom stereocenters. The van der Waals surface area contributed by atoms with Crippen LogP contribution in [-0.2, 0) is 9.59 Å². The lowest BCUT2D eigenvalue weighted by Crippen LogP contribution is -2.41. The van der Waals surface area contributed by atoms with Gasteiger partial charge in [-0.3, -0.25) is 9.59 Å². The van der Waals surface area contributed by atoms with Crippen molar-refractivity contribution in [3.05, 3.63) is 155 Å². The maximum Gasteiger partial charge on any atom is 0.257 e. The number of nitrogens with zero attached hydrogens (tertiary/aromatic N) is 4. The predicted molar refractivity (Wildman–Crippen MR) is 168 cm³/mol. The molecule has 3 heterocycles. The van der Waals surface area contributed by atoms with Crippen molar-refractivity contribution in [3.63, 3.8) is 0 Å². The van der Waals surface area contributed by atoms with Gasteiger partial charge in [-0.2, -0.15) is 20.2 Å². The Labute approximate surface area is 247 Å². The summed E-state index contributed by atoms with van der Waals surface area (Å²) in [5, 5.41) is 14.8. The number of hydrazone groups is 2. The Balaban J connectivity index is 1.42. The Bertz CT molecular complexity index is 1660. The van der Waals surface area contributed by atoms with E-state index in [4.69, 9.17) is 10.2 Å². The zero-order chi connectivity index (χ0) is 28.5. The second kappa shape index (κ2) is 11.0. The van der Waals surface area contributed by atoms with Gasteiger partial charge in [-0.05, 0) is 46.8 Å². The van der Waals surface area contributed by atoms with E-state index in [0.717, 1.165) is 16.0 Å². The molecular weight excluding hydrogens is 540 g/mol. The van der Waals surface area contributed by atoms with Crippen LogP contribution in [0, 0.1) is 11.8 Å². The second-order valence-electron chi connectivity index (χ2n) is 10.2. The van der Waals surface area contributed by atoms with Crippen molar-refractivity contribution in [2.24, 2.45) is 22.0 Å². The van der Waals surface area contributed by atoms with E-state index in [0.29, 0.717) is 22.8 Å². The fourth-order valence-corrected chi connectivity index (χ4v) is 6.69. The lowest BCUT2D eigenvalue weighted by atomic mass is 9.73. The molecule has 5 aromatic rings. The van der Waals surface area contributed by atoms with Gasteiger partial charge in [0.15, 0.2) is 0 Å². The molecule has 2 atom stereocenters. The molecule has 204 valence electrons. The summed E-state index contributed by atoms with van der Waals surface area (Å²) in [5.41, 5.74) is 4.34. The summed E-state index contributed by atoms with van der Waals surface area (Å²) >= 11 is 1.55. The van der Waals surface area contributed by atoms with Gasteiger partial charge in [-0.15, -0.1) is 11.3 Å². The van der Waals surface area contributed by atoms with Gasteiger partial charge in [0.05, 0.1) is 34.6 Å². The van der Waals surface area contributed by atoms with Crippen LogP contribution in [-0.4, -0.2) is 23.2 Å². The molecule has 1 aromatic heterocycles. The van der Waals surface area contributed by atoms with Gasteiger partial charge >= 0.3 is 0 Å². The van der Waals surface area contributed by atoms with Gasteiger partial charge in [0.25, 0.3) is 11.8 Å². The van der Waals surface area contributed by atoms with Crippen molar-refractivity contribution in [2.75, 3.05) is 10.0 Å². The van der Waals surface area contributed by atoms with Gasteiger partial charge in [0, 0.05) is 10.8 Å². The number of rotatable bonds is 7. The number of benzene rings is 4. The Morgan fingerprint density at radius 2 is 0.929 bits per heavy atom. The molecule has 2 aliphatic rings. The first-order valence-corrected chi connectivity index (χ1v) is 14.7. The zero-order valence-corrected chi connectivity index (χ0v) is 23.3. The third-order valence-electron chi connectivity index (χ3n) is 7.68. The van der Waals surface area contributed by atoms with Crippen LogP contribution < -0.4 is 10.0 Å². The average molecular weight is 567 g/mol. The standard InChI is InChI=1S/C35H26N4O2S/c40-34-30(32(24-14-5-1-6-15-24)36-38(34)26-18-9-3-10-19-26)29(28-22-13-23-42-28)31-33(25-16-7-2-8-17-25)37-39(35(31)41)27-20-11-4-12-21-27/h1-23,29-31H/t30-,31-/m1/s1. The first kappa shape index (κ1) is 25.8. The smallest absolute Gasteiger partial charge is 0.257 e. The van der Waals surface area contributed by atoms with Crippen LogP contribution in [0.15, 0.2) is 149 Å². The largest absolute Gasteiger partial charge is 0.272 e. The molecule has 7 heteroatoms. The Morgan fingerprint density at radius 1 is 0.524 bits per heavy atom. The van der Waals surface area contributed by atoms with E-state index in [1.807, 2.05) is 139 Å². The molecule has 6 nitrogen and oxygen atoms in total. The van der Waals surface area contributed by atoms with Gasteiger partial charge in [0.2, 0.25) is 0 Å². The van der Waals surface area contributed by atoms with Crippen molar-refractivity contribution < 1.29 is 9.59 Å². The minimum atomic E-state index is -0.718. The van der Waals surface area contributed by atoms with Crippen LogP contribution >= 0.6 is 11.3 Å². The number of amides is 2. The molecule has 4 aromatic carbocycles. The molecule has 0 saturated carbocycles. The molecule has 2 aliphatic heterocycles. The summed E-state index contributed by atoms with van der Waals surface area (Å²) in [6, 6.07) is 42.4. The van der Waals surface area contributed by atoms with Crippen molar-refractivity contribution in [1.82, 2.24) is 0 Å². The quantitative estimate of drug-likeness (QED) is 0.214. The van der Waals surface area contributed by atoms with E-state index >= 15 is 0 Å². The number of para-hydroxylation sites is 2. The van der Waals surface area contributed by atoms with Crippen molar-refractivity contribution in [2.45, 2.75) is 5.92 Å². The minimum Gasteiger partial charge on any atom is -0.272 e. The molecule has 0 aliphatic carbocycles. The number of carbonyl (C=O) groups excluding carboxylic acids is 2. The molecule has 0 N–H and O–H groups in total. The molecule has 0 spiro atoms. The summed E-state index contributed by atoms with van der Waals surface area (Å²) in [5.74, 6) is -2.31. The number of hydrogen-bond donors (Lipinski definition) is 0. The highest BCUT2D eigenvalue weighted by molar-refractivity contribution is 7.10. The minimum absolute atomic E-state index is 0.170. The maximum absolute atomic E-state index is 14.5. The van der Waals surface area contributed by atoms with Crippen molar-refractivity contribution in [3.8, 4) is 0 Å². The molecule has 42 heavy (non-hydrogen) atoms. The third kappa shape index (κ3) is 4.54. The zero-order valence-electron chi connectivity index (χ0n) is 22.5. The number of hydrogen-bond acceptors (Lipinski definition) is 5. The SMILES string of the molecule is O=C1[C@H](C(c2cccs2)[C@H]2C(=O)N(c3ccccc3)N=C2c2ccccc2)C(c2ccccc2)=NN1c1ccccc1. The van der Waals surface area contributed by atoms with Crippen LogP contribution in [0.25, 0.3) is 0 Å². The van der Waals surface area contributed by atoms with Crippen molar-refractivity contribution in [1.29, 1.82) is 0 Å². The van der Waals surface area contributed by atoms with Gasteiger partial charge in [-0.25, -0.2) is 0 Å². The normalized spacial score (nSPS) is 18.5. The van der Waals surface area contributed by atoms with E-state index < -0.39 is 17.8 Å². The Morgan fingerprint density at radius 3 is 1.31 bits per heavy atom. The van der Waals surface area contributed by atoms with E-state index in [9.17, 15) is 9.59 Å². The lowest BCUT2D eigenvalue weighted by Gasteiger charge is -2.28. The van der Waals surface area contributed by atoms with E-state index in [1.54, 1.807) is 11.3 Å². The first-order valence-electron chi connectivity index (χ1n) is 13.8. The molecule has 0 radical (unpaired) electrons. The monoisotopic (exact) mass is 566 g/mol. The molecular formula is C35H26N4O2S. The maximum atomic E-state index is 14.5. The first-order chi connectivity index (χ1) is 20.7. The molecule has 0 saturated heterocycles. The fourth-order valence-electron chi connectivity index (χ4n) is 5.79. The van der Waals surface area contributed by atoms with E-state index in [1.165, 1.54) is 10.0 Å². The number of thiophene rings is 1. The Kier molecular flexibility index (Phi) is 6.78. The van der Waals surface area contributed by atoms with Crippen LogP contribution in [0.1, 0.15) is 21.9 Å². The second-order valence-corrected chi connectivity index (χ2v) is 11.1. The molecule has 2 amide bonds. The van der Waals surface area contributed by atoms with Gasteiger partial charge in [0.1, 0.15) is 0 Å². The summed E-state index contributed by atoms with van der Waals surface area (Å²) in [7, 11) is 0. The van der Waals surface area contributed by atoms with Crippen molar-refractivity contribution >= 4 is 45.9 Å². The number of anilines is 2. The van der Waals surface area contributed by atoms with Crippen LogP contribution in [0.2, 0.25) is 0 Å². The van der Waals surface area contributed by atoms with Crippen LogP contribution in [0.3, 0.4) is 0 Å². The highest BCUT2D eigenvalue weighted by Crippen LogP contribution is 2.46. The average Bonchev–Trinajstić information content (AvgIpc) is 3.79. The summed E-state index contributed by atoms with van der Waals surface area (Å²) in [6.07, 6.45) is 0. The van der Waals surface area contributed by atoms with Gasteiger partial charge in [-0.1, -0.05) is 103 Å². The molecule has 0 bridgehead atoms. The van der Waals surface area contributed by atoms with Crippen LogP contribution in [0.5, 0.6) is 0 Å². The van der Waals surface area contributed by atoms with Crippen LogP contribution in [0.4, 0.5) is 11.4 Å². The molecule has 0 fully saturated rings. The number of carbonyl (C=O) groups is 2. The third-order valence-corrected chi connectivity index (χ3v) is 8.66. The summed E-state index contributed by atoms with van der Waals surface area (Å²) in [6.45, 7) is 0. The van der Waals surface area contributed by atoms with Gasteiger partial charge < -0.3 is 0 Å². The predicted octanol–water partition coefficient (Wildman–Crippen LogP) is 6.97. The van der Waals surface area contributed by atoms with E-state index in [2.05, 4.69) is 0 Å².